The molecule has 2 heterocycles. The molecule has 0 bridgehead atoms. The lowest BCUT2D eigenvalue weighted by molar-refractivity contribution is 0.641. The molecule has 1 aliphatic rings. The van der Waals surface area contributed by atoms with Gasteiger partial charge in [0, 0.05) is 34.3 Å². The number of nitrogens with zero attached hydrogens (tertiary/aromatic N) is 2. The maximum absolute atomic E-state index is 4.49. The van der Waals surface area contributed by atoms with Gasteiger partial charge in [-0.3, -0.25) is 0 Å². The largest absolute Gasteiger partial charge is 0.353 e. The number of halogens is 2. The third-order valence-electron chi connectivity index (χ3n) is 2.51. The first-order valence-corrected chi connectivity index (χ1v) is 7.75. The normalized spacial score (nSPS) is 19.9. The van der Waals surface area contributed by atoms with Crippen LogP contribution >= 0.6 is 43.6 Å². The van der Waals surface area contributed by atoms with Crippen molar-refractivity contribution < 1.29 is 0 Å². The molecule has 5 heteroatoms. The van der Waals surface area contributed by atoms with E-state index in [0.29, 0.717) is 4.75 Å². The molecule has 1 aliphatic heterocycles. The van der Waals surface area contributed by atoms with E-state index in [1.807, 2.05) is 18.0 Å². The Morgan fingerprint density at radius 1 is 1.44 bits per heavy atom. The molecule has 0 radical (unpaired) electrons. The van der Waals surface area contributed by atoms with Crippen LogP contribution in [0.4, 0.5) is 5.82 Å². The van der Waals surface area contributed by atoms with Crippen molar-refractivity contribution in [1.82, 2.24) is 4.98 Å². The number of hydrogen-bond donors (Lipinski definition) is 0. The summed E-state index contributed by atoms with van der Waals surface area (Å²) < 4.78 is 2.38. The zero-order valence-corrected chi connectivity index (χ0v) is 13.3. The van der Waals surface area contributed by atoms with Gasteiger partial charge in [-0.1, -0.05) is 0 Å². The van der Waals surface area contributed by atoms with E-state index in [-0.39, 0.29) is 0 Å². The van der Waals surface area contributed by atoms with Gasteiger partial charge in [0.05, 0.1) is 4.47 Å². The quantitative estimate of drug-likeness (QED) is 0.749. The van der Waals surface area contributed by atoms with Crippen molar-refractivity contribution >= 4 is 49.4 Å². The van der Waals surface area contributed by atoms with E-state index in [9.17, 15) is 0 Å². The first-order chi connectivity index (χ1) is 7.48. The second-order valence-electron chi connectivity index (χ2n) is 4.49. The highest BCUT2D eigenvalue weighted by Gasteiger charge is 2.28. The molecule has 2 nitrogen and oxygen atoms in total. The van der Waals surface area contributed by atoms with E-state index in [4.69, 9.17) is 0 Å². The molecule has 1 saturated heterocycles. The standard InChI is InChI=1S/C11H14Br2N2S/c1-11(2)7-15(3-4-16-11)10-9(13)5-8(12)6-14-10/h5-6H,3-4,7H2,1-2H3. The van der Waals surface area contributed by atoms with Crippen LogP contribution < -0.4 is 4.90 Å². The molecule has 88 valence electrons. The third-order valence-corrected chi connectivity index (χ3v) is 4.83. The number of aromatic nitrogens is 1. The summed E-state index contributed by atoms with van der Waals surface area (Å²) in [5.74, 6) is 2.22. The molecule has 2 rings (SSSR count). The van der Waals surface area contributed by atoms with Gasteiger partial charge >= 0.3 is 0 Å². The fraction of sp³-hybridized carbons (Fsp3) is 0.545. The Morgan fingerprint density at radius 3 is 2.81 bits per heavy atom. The summed E-state index contributed by atoms with van der Waals surface area (Å²) in [4.78, 5) is 6.84. The Labute approximate surface area is 117 Å². The molecule has 1 aromatic rings. The summed E-state index contributed by atoms with van der Waals surface area (Å²) >= 11 is 9.04. The van der Waals surface area contributed by atoms with Gasteiger partial charge in [0.25, 0.3) is 0 Å². The van der Waals surface area contributed by atoms with Crippen molar-refractivity contribution in [2.75, 3.05) is 23.7 Å². The smallest absolute Gasteiger partial charge is 0.143 e. The minimum absolute atomic E-state index is 0.312. The minimum atomic E-state index is 0.312. The van der Waals surface area contributed by atoms with Gasteiger partial charge in [-0.05, 0) is 51.8 Å². The Bertz CT molecular complexity index is 396. The molecule has 1 aromatic heterocycles. The molecule has 0 aliphatic carbocycles. The van der Waals surface area contributed by atoms with Crippen LogP contribution in [0.5, 0.6) is 0 Å². The van der Waals surface area contributed by atoms with Crippen molar-refractivity contribution in [3.05, 3.63) is 21.2 Å². The zero-order valence-electron chi connectivity index (χ0n) is 9.33. The number of rotatable bonds is 1. The molecule has 0 unspecified atom stereocenters. The minimum Gasteiger partial charge on any atom is -0.353 e. The van der Waals surface area contributed by atoms with Gasteiger partial charge in [0.15, 0.2) is 0 Å². The van der Waals surface area contributed by atoms with Crippen LogP contribution in [0.2, 0.25) is 0 Å². The maximum Gasteiger partial charge on any atom is 0.143 e. The summed E-state index contributed by atoms with van der Waals surface area (Å²) in [6.07, 6.45) is 1.86. The lowest BCUT2D eigenvalue weighted by Crippen LogP contribution is -2.43. The maximum atomic E-state index is 4.49. The summed E-state index contributed by atoms with van der Waals surface area (Å²) in [7, 11) is 0. The number of hydrogen-bond acceptors (Lipinski definition) is 3. The Hall–Kier alpha value is 0.260. The molecule has 0 atom stereocenters. The van der Waals surface area contributed by atoms with Crippen LogP contribution in [0.25, 0.3) is 0 Å². The topological polar surface area (TPSA) is 16.1 Å². The van der Waals surface area contributed by atoms with E-state index in [1.54, 1.807) is 0 Å². The average Bonchev–Trinajstić information content (AvgIpc) is 2.15. The van der Waals surface area contributed by atoms with E-state index >= 15 is 0 Å². The van der Waals surface area contributed by atoms with Crippen LogP contribution in [0, 0.1) is 0 Å². The highest BCUT2D eigenvalue weighted by molar-refractivity contribution is 9.11. The first kappa shape index (κ1) is 12.7. The fourth-order valence-electron chi connectivity index (χ4n) is 1.84. The predicted molar refractivity (Wildman–Crippen MR) is 78.4 cm³/mol. The van der Waals surface area contributed by atoms with Crippen molar-refractivity contribution in [1.29, 1.82) is 0 Å². The number of thioether (sulfide) groups is 1. The molecule has 0 spiro atoms. The monoisotopic (exact) mass is 364 g/mol. The highest BCUT2D eigenvalue weighted by Crippen LogP contribution is 2.34. The van der Waals surface area contributed by atoms with Gasteiger partial charge in [0.1, 0.15) is 5.82 Å². The molecule has 0 amide bonds. The summed E-state index contributed by atoms with van der Waals surface area (Å²) in [6.45, 7) is 6.69. The number of anilines is 1. The van der Waals surface area contributed by atoms with Gasteiger partial charge < -0.3 is 4.90 Å². The highest BCUT2D eigenvalue weighted by atomic mass is 79.9. The van der Waals surface area contributed by atoms with Crippen LogP contribution in [0.15, 0.2) is 21.2 Å². The van der Waals surface area contributed by atoms with Gasteiger partial charge in [-0.15, -0.1) is 0 Å². The van der Waals surface area contributed by atoms with E-state index in [0.717, 1.165) is 33.6 Å². The van der Waals surface area contributed by atoms with Crippen LogP contribution in [-0.4, -0.2) is 28.6 Å². The SMILES string of the molecule is CC1(C)CN(c2ncc(Br)cc2Br)CCS1. The summed E-state index contributed by atoms with van der Waals surface area (Å²) in [6, 6.07) is 2.05. The fourth-order valence-corrected chi connectivity index (χ4v) is 4.19. The van der Waals surface area contributed by atoms with Crippen molar-refractivity contribution in [3.63, 3.8) is 0 Å². The molecule has 1 fully saturated rings. The van der Waals surface area contributed by atoms with Gasteiger partial charge in [-0.25, -0.2) is 4.98 Å². The van der Waals surface area contributed by atoms with Crippen molar-refractivity contribution in [2.24, 2.45) is 0 Å². The molecule has 16 heavy (non-hydrogen) atoms. The first-order valence-electron chi connectivity index (χ1n) is 5.18. The Kier molecular flexibility index (Phi) is 3.86. The van der Waals surface area contributed by atoms with Gasteiger partial charge in [0.2, 0.25) is 0 Å². The molecular formula is C11H14Br2N2S. The summed E-state index contributed by atoms with van der Waals surface area (Å²) in [5.41, 5.74) is 0. The van der Waals surface area contributed by atoms with Crippen molar-refractivity contribution in [2.45, 2.75) is 18.6 Å². The van der Waals surface area contributed by atoms with Crippen LogP contribution in [-0.2, 0) is 0 Å². The van der Waals surface area contributed by atoms with Gasteiger partial charge in [-0.2, -0.15) is 11.8 Å². The summed E-state index contributed by atoms with van der Waals surface area (Å²) in [5, 5.41) is 0. The van der Waals surface area contributed by atoms with Crippen LogP contribution in [0.1, 0.15) is 13.8 Å². The second kappa shape index (κ2) is 4.86. The van der Waals surface area contributed by atoms with Crippen LogP contribution in [0.3, 0.4) is 0 Å². The predicted octanol–water partition coefficient (Wildman–Crippen LogP) is 3.94. The zero-order chi connectivity index (χ0) is 11.8. The molecular weight excluding hydrogens is 352 g/mol. The van der Waals surface area contributed by atoms with Crippen molar-refractivity contribution in [3.8, 4) is 0 Å². The van der Waals surface area contributed by atoms with E-state index in [1.165, 1.54) is 0 Å². The number of pyridine rings is 1. The Morgan fingerprint density at radius 2 is 2.19 bits per heavy atom. The molecule has 0 aromatic carbocycles. The molecule has 0 N–H and O–H groups in total. The second-order valence-corrected chi connectivity index (χ2v) is 8.06. The third kappa shape index (κ3) is 2.93. The molecule has 0 saturated carbocycles. The van der Waals surface area contributed by atoms with E-state index in [2.05, 4.69) is 61.7 Å². The lowest BCUT2D eigenvalue weighted by atomic mass is 10.2. The lowest BCUT2D eigenvalue weighted by Gasteiger charge is -2.38. The average molecular weight is 366 g/mol. The van der Waals surface area contributed by atoms with E-state index < -0.39 is 0 Å². The Balaban J connectivity index is 2.23.